The van der Waals surface area contributed by atoms with Crippen LogP contribution in [0.4, 0.5) is 5.69 Å². The molecule has 1 atom stereocenters. The zero-order valence-corrected chi connectivity index (χ0v) is 12.9. The number of fused-ring (bicyclic) bond motifs is 1. The average Bonchev–Trinajstić information content (AvgIpc) is 2.97. The minimum atomic E-state index is -1.97. The predicted molar refractivity (Wildman–Crippen MR) is 82.3 cm³/mol. The molecule has 1 amide bonds. The predicted octanol–water partition coefficient (Wildman–Crippen LogP) is 3.47. The summed E-state index contributed by atoms with van der Waals surface area (Å²) in [6.45, 7) is 0. The van der Waals surface area contributed by atoms with Crippen molar-refractivity contribution in [2.24, 2.45) is 0 Å². The van der Waals surface area contributed by atoms with Gasteiger partial charge in [0.25, 0.3) is 5.91 Å². The molecule has 4 nitrogen and oxygen atoms in total. The summed E-state index contributed by atoms with van der Waals surface area (Å²) in [5.74, 6) is -0.993. The number of Topliss-reactive ketones (excluding diaryl/α,β-unsaturated/α-hetero) is 1. The van der Waals surface area contributed by atoms with Crippen molar-refractivity contribution < 1.29 is 14.7 Å². The van der Waals surface area contributed by atoms with Gasteiger partial charge >= 0.3 is 0 Å². The van der Waals surface area contributed by atoms with Gasteiger partial charge in [-0.15, -0.1) is 11.3 Å². The molecule has 1 aromatic heterocycles. The number of hydrogen-bond donors (Lipinski definition) is 2. The number of carbonyl (C=O) groups is 2. The summed E-state index contributed by atoms with van der Waals surface area (Å²) in [7, 11) is 0. The maximum Gasteiger partial charge on any atom is 0.261 e. The Morgan fingerprint density at radius 3 is 2.81 bits per heavy atom. The van der Waals surface area contributed by atoms with Crippen molar-refractivity contribution in [3.8, 4) is 0 Å². The Morgan fingerprint density at radius 2 is 2.14 bits per heavy atom. The molecule has 1 aliphatic heterocycles. The van der Waals surface area contributed by atoms with Gasteiger partial charge in [0.2, 0.25) is 0 Å². The van der Waals surface area contributed by atoms with Crippen LogP contribution in [0.2, 0.25) is 10.0 Å². The standard InChI is InChI=1S/C14H9Cl2NO3S/c15-7-4-8(16)12-9(5-7)17-13(19)14(12,20)6-10(18)11-2-1-3-21-11/h1-5,20H,6H2,(H,17,19)/t14-/m0/s1. The van der Waals surface area contributed by atoms with E-state index in [0.717, 1.165) is 0 Å². The van der Waals surface area contributed by atoms with E-state index in [4.69, 9.17) is 23.2 Å². The number of hydrogen-bond acceptors (Lipinski definition) is 4. The third kappa shape index (κ3) is 2.36. The average molecular weight is 342 g/mol. The van der Waals surface area contributed by atoms with Gasteiger partial charge in [0.15, 0.2) is 11.4 Å². The highest BCUT2D eigenvalue weighted by atomic mass is 35.5. The molecular formula is C14H9Cl2NO3S. The highest BCUT2D eigenvalue weighted by molar-refractivity contribution is 7.12. The molecule has 1 aromatic carbocycles. The van der Waals surface area contributed by atoms with E-state index in [1.54, 1.807) is 17.5 Å². The third-order valence-corrected chi connectivity index (χ3v) is 4.73. The van der Waals surface area contributed by atoms with Gasteiger partial charge in [0.1, 0.15) is 0 Å². The number of carbonyl (C=O) groups excluding carboxylic acids is 2. The fraction of sp³-hybridized carbons (Fsp3) is 0.143. The SMILES string of the molecule is O=C(C[C@@]1(O)C(=O)Nc2cc(Cl)cc(Cl)c21)c1cccs1. The van der Waals surface area contributed by atoms with E-state index in [9.17, 15) is 14.7 Å². The molecule has 3 rings (SSSR count). The molecule has 0 fully saturated rings. The number of benzene rings is 1. The van der Waals surface area contributed by atoms with Crippen molar-refractivity contribution in [1.82, 2.24) is 0 Å². The van der Waals surface area contributed by atoms with Crippen LogP contribution in [0, 0.1) is 0 Å². The molecule has 108 valence electrons. The number of aliphatic hydroxyl groups is 1. The molecule has 2 N–H and O–H groups in total. The van der Waals surface area contributed by atoms with E-state index in [1.807, 2.05) is 0 Å². The topological polar surface area (TPSA) is 66.4 Å². The van der Waals surface area contributed by atoms with Gasteiger partial charge in [-0.1, -0.05) is 29.3 Å². The molecule has 0 aliphatic carbocycles. The van der Waals surface area contributed by atoms with E-state index in [2.05, 4.69) is 5.32 Å². The second-order valence-electron chi connectivity index (χ2n) is 4.70. The van der Waals surface area contributed by atoms with E-state index in [1.165, 1.54) is 23.5 Å². The Kier molecular flexibility index (Phi) is 3.53. The molecular weight excluding hydrogens is 333 g/mol. The number of nitrogens with one attached hydrogen (secondary N) is 1. The molecule has 2 heterocycles. The fourth-order valence-corrected chi connectivity index (χ4v) is 3.67. The minimum Gasteiger partial charge on any atom is -0.375 e. The smallest absolute Gasteiger partial charge is 0.261 e. The monoisotopic (exact) mass is 341 g/mol. The van der Waals surface area contributed by atoms with Crippen LogP contribution in [0.15, 0.2) is 29.6 Å². The second-order valence-corrected chi connectivity index (χ2v) is 6.49. The number of anilines is 1. The number of rotatable bonds is 3. The van der Waals surface area contributed by atoms with E-state index in [0.29, 0.717) is 15.6 Å². The van der Waals surface area contributed by atoms with E-state index >= 15 is 0 Å². The van der Waals surface area contributed by atoms with Crippen LogP contribution in [0.3, 0.4) is 0 Å². The van der Waals surface area contributed by atoms with Crippen molar-refractivity contribution >= 4 is 51.9 Å². The van der Waals surface area contributed by atoms with Gasteiger partial charge in [-0.25, -0.2) is 0 Å². The molecule has 0 bridgehead atoms. The van der Waals surface area contributed by atoms with Gasteiger partial charge in [-0.2, -0.15) is 0 Å². The molecule has 7 heteroatoms. The molecule has 2 aromatic rings. The minimum absolute atomic E-state index is 0.150. The lowest BCUT2D eigenvalue weighted by Crippen LogP contribution is -2.36. The Morgan fingerprint density at radius 1 is 1.38 bits per heavy atom. The van der Waals surface area contributed by atoms with Gasteiger partial charge < -0.3 is 10.4 Å². The number of amides is 1. The van der Waals surface area contributed by atoms with Crippen LogP contribution in [0.25, 0.3) is 0 Å². The highest BCUT2D eigenvalue weighted by Crippen LogP contribution is 2.44. The normalized spacial score (nSPS) is 20.2. The quantitative estimate of drug-likeness (QED) is 0.840. The van der Waals surface area contributed by atoms with Crippen LogP contribution in [-0.4, -0.2) is 16.8 Å². The highest BCUT2D eigenvalue weighted by Gasteiger charge is 2.48. The first-order chi connectivity index (χ1) is 9.91. The fourth-order valence-electron chi connectivity index (χ4n) is 2.36. The van der Waals surface area contributed by atoms with Crippen LogP contribution in [0.1, 0.15) is 21.7 Å². The van der Waals surface area contributed by atoms with Crippen molar-refractivity contribution in [2.75, 3.05) is 5.32 Å². The summed E-state index contributed by atoms with van der Waals surface area (Å²) in [5, 5.41) is 15.5. The van der Waals surface area contributed by atoms with Crippen molar-refractivity contribution in [3.63, 3.8) is 0 Å². The van der Waals surface area contributed by atoms with Crippen molar-refractivity contribution in [2.45, 2.75) is 12.0 Å². The Labute approximate surface area is 134 Å². The first-order valence-electron chi connectivity index (χ1n) is 6.02. The first kappa shape index (κ1) is 14.5. The van der Waals surface area contributed by atoms with Gasteiger partial charge in [0.05, 0.1) is 22.0 Å². The summed E-state index contributed by atoms with van der Waals surface area (Å²) in [4.78, 5) is 24.8. The number of ketones is 1. The molecule has 1 aliphatic rings. The van der Waals surface area contributed by atoms with Crippen LogP contribution < -0.4 is 5.32 Å². The summed E-state index contributed by atoms with van der Waals surface area (Å²) in [5.41, 5.74) is -1.44. The summed E-state index contributed by atoms with van der Waals surface area (Å²) < 4.78 is 0. The Bertz CT molecular complexity index is 745. The van der Waals surface area contributed by atoms with E-state index in [-0.39, 0.29) is 22.8 Å². The van der Waals surface area contributed by atoms with Crippen molar-refractivity contribution in [3.05, 3.63) is 50.1 Å². The number of thiophene rings is 1. The van der Waals surface area contributed by atoms with E-state index < -0.39 is 11.5 Å². The summed E-state index contributed by atoms with van der Waals surface area (Å²) >= 11 is 13.2. The Balaban J connectivity index is 2.03. The Hall–Kier alpha value is -1.40. The summed E-state index contributed by atoms with van der Waals surface area (Å²) in [6.07, 6.45) is -0.367. The summed E-state index contributed by atoms with van der Waals surface area (Å²) in [6, 6.07) is 6.31. The zero-order chi connectivity index (χ0) is 15.2. The van der Waals surface area contributed by atoms with Crippen molar-refractivity contribution in [1.29, 1.82) is 0 Å². The van der Waals surface area contributed by atoms with Crippen LogP contribution >= 0.6 is 34.5 Å². The molecule has 0 saturated carbocycles. The third-order valence-electron chi connectivity index (χ3n) is 3.30. The first-order valence-corrected chi connectivity index (χ1v) is 7.65. The number of halogens is 2. The second kappa shape index (κ2) is 5.10. The molecule has 21 heavy (non-hydrogen) atoms. The lowest BCUT2D eigenvalue weighted by atomic mass is 9.89. The van der Waals surface area contributed by atoms with Crippen LogP contribution in [-0.2, 0) is 10.4 Å². The maximum absolute atomic E-state index is 12.2. The zero-order valence-electron chi connectivity index (χ0n) is 10.5. The molecule has 0 saturated heterocycles. The molecule has 0 spiro atoms. The largest absolute Gasteiger partial charge is 0.375 e. The van der Waals surface area contributed by atoms with Gasteiger partial charge in [-0.3, -0.25) is 9.59 Å². The van der Waals surface area contributed by atoms with Gasteiger partial charge in [-0.05, 0) is 23.6 Å². The van der Waals surface area contributed by atoms with Crippen LogP contribution in [0.5, 0.6) is 0 Å². The molecule has 0 radical (unpaired) electrons. The lowest BCUT2D eigenvalue weighted by molar-refractivity contribution is -0.133. The maximum atomic E-state index is 12.2. The lowest BCUT2D eigenvalue weighted by Gasteiger charge is -2.20. The molecule has 0 unspecified atom stereocenters. The van der Waals surface area contributed by atoms with Gasteiger partial charge in [0, 0.05) is 10.6 Å².